The average Bonchev–Trinajstić information content (AvgIpc) is 2.90. The summed E-state index contributed by atoms with van der Waals surface area (Å²) < 4.78 is 1.58. The predicted octanol–water partition coefficient (Wildman–Crippen LogP) is 1.60. The number of aromatic nitrogens is 2. The van der Waals surface area contributed by atoms with Crippen LogP contribution in [0.5, 0.6) is 0 Å². The molecule has 1 aliphatic rings. The SMILES string of the molecule is CC(=O)N[C@@H]1CN(Cc2cc(=O)n3cccc(C)c3n2)C[C@H]1C(C)C. The van der Waals surface area contributed by atoms with Gasteiger partial charge in [-0.25, -0.2) is 4.98 Å². The molecule has 0 bridgehead atoms. The van der Waals surface area contributed by atoms with Crippen molar-refractivity contribution in [1.82, 2.24) is 19.6 Å². The van der Waals surface area contributed by atoms with Crippen LogP contribution in [0.15, 0.2) is 29.2 Å². The highest BCUT2D eigenvalue weighted by atomic mass is 16.1. The van der Waals surface area contributed by atoms with Gasteiger partial charge in [0.2, 0.25) is 5.91 Å². The first-order chi connectivity index (χ1) is 11.8. The van der Waals surface area contributed by atoms with E-state index < -0.39 is 0 Å². The number of carbonyl (C=O) groups is 1. The Morgan fingerprint density at radius 1 is 1.40 bits per heavy atom. The number of nitrogens with one attached hydrogen (secondary N) is 1. The van der Waals surface area contributed by atoms with Crippen LogP contribution in [0.2, 0.25) is 0 Å². The van der Waals surface area contributed by atoms with E-state index in [0.29, 0.717) is 24.0 Å². The van der Waals surface area contributed by atoms with Crippen LogP contribution in [-0.2, 0) is 11.3 Å². The molecule has 2 aromatic heterocycles. The molecule has 3 heterocycles. The van der Waals surface area contributed by atoms with E-state index in [2.05, 4.69) is 29.0 Å². The van der Waals surface area contributed by atoms with E-state index in [9.17, 15) is 9.59 Å². The molecule has 0 aliphatic carbocycles. The van der Waals surface area contributed by atoms with E-state index in [1.807, 2.05) is 19.1 Å². The van der Waals surface area contributed by atoms with Gasteiger partial charge < -0.3 is 5.32 Å². The van der Waals surface area contributed by atoms with Gasteiger partial charge in [0.05, 0.1) is 5.69 Å². The number of nitrogens with zero attached hydrogens (tertiary/aromatic N) is 3. The number of aryl methyl sites for hydroxylation is 1. The van der Waals surface area contributed by atoms with Crippen LogP contribution in [0.25, 0.3) is 5.65 Å². The number of carbonyl (C=O) groups excluding carboxylic acids is 1. The van der Waals surface area contributed by atoms with E-state index in [1.54, 1.807) is 23.6 Å². The van der Waals surface area contributed by atoms with Gasteiger partial charge in [0.1, 0.15) is 5.65 Å². The number of pyridine rings is 1. The number of likely N-dealkylation sites (tertiary alicyclic amines) is 1. The fourth-order valence-electron chi connectivity index (χ4n) is 3.75. The van der Waals surface area contributed by atoms with Gasteiger partial charge in [0.15, 0.2) is 0 Å². The van der Waals surface area contributed by atoms with Crippen LogP contribution in [-0.4, -0.2) is 39.3 Å². The molecule has 1 fully saturated rings. The fourth-order valence-corrected chi connectivity index (χ4v) is 3.75. The van der Waals surface area contributed by atoms with E-state index in [-0.39, 0.29) is 17.5 Å². The zero-order valence-electron chi connectivity index (χ0n) is 15.3. The van der Waals surface area contributed by atoms with Gasteiger partial charge in [0, 0.05) is 44.9 Å². The van der Waals surface area contributed by atoms with Gasteiger partial charge in [-0.1, -0.05) is 19.9 Å². The van der Waals surface area contributed by atoms with Gasteiger partial charge in [-0.15, -0.1) is 0 Å². The quantitative estimate of drug-likeness (QED) is 0.916. The van der Waals surface area contributed by atoms with E-state index in [4.69, 9.17) is 0 Å². The lowest BCUT2D eigenvalue weighted by atomic mass is 9.91. The Hall–Kier alpha value is -2.21. The third-order valence-electron chi connectivity index (χ3n) is 5.01. The summed E-state index contributed by atoms with van der Waals surface area (Å²) in [7, 11) is 0. The molecule has 2 aromatic rings. The molecule has 1 amide bonds. The molecule has 1 saturated heterocycles. The van der Waals surface area contributed by atoms with Gasteiger partial charge in [-0.05, 0) is 30.4 Å². The summed E-state index contributed by atoms with van der Waals surface area (Å²) in [4.78, 5) is 30.8. The molecule has 0 radical (unpaired) electrons. The van der Waals surface area contributed by atoms with Crippen LogP contribution in [0.3, 0.4) is 0 Å². The highest BCUT2D eigenvalue weighted by Gasteiger charge is 2.35. The minimum atomic E-state index is -0.0540. The van der Waals surface area contributed by atoms with Crippen LogP contribution in [0.4, 0.5) is 0 Å². The highest BCUT2D eigenvalue weighted by molar-refractivity contribution is 5.73. The highest BCUT2D eigenvalue weighted by Crippen LogP contribution is 2.25. The van der Waals surface area contributed by atoms with Crippen molar-refractivity contribution in [3.8, 4) is 0 Å². The van der Waals surface area contributed by atoms with Crippen molar-refractivity contribution in [2.45, 2.75) is 40.3 Å². The molecule has 1 N–H and O–H groups in total. The largest absolute Gasteiger partial charge is 0.352 e. The molecule has 134 valence electrons. The Bertz CT molecular complexity index is 843. The maximum absolute atomic E-state index is 12.4. The topological polar surface area (TPSA) is 66.7 Å². The molecule has 0 unspecified atom stereocenters. The number of fused-ring (bicyclic) bond motifs is 1. The van der Waals surface area contributed by atoms with Gasteiger partial charge in [0.25, 0.3) is 5.56 Å². The summed E-state index contributed by atoms with van der Waals surface area (Å²) in [6.45, 7) is 10.2. The minimum Gasteiger partial charge on any atom is -0.352 e. The Kier molecular flexibility index (Phi) is 4.90. The first-order valence-corrected chi connectivity index (χ1v) is 8.82. The molecule has 6 nitrogen and oxygen atoms in total. The molecule has 6 heteroatoms. The van der Waals surface area contributed by atoms with Gasteiger partial charge in [-0.2, -0.15) is 0 Å². The third-order valence-corrected chi connectivity index (χ3v) is 5.01. The zero-order valence-corrected chi connectivity index (χ0v) is 15.3. The van der Waals surface area contributed by atoms with Gasteiger partial charge in [-0.3, -0.25) is 18.9 Å². The lowest BCUT2D eigenvalue weighted by molar-refractivity contribution is -0.119. The molecular formula is C19H26N4O2. The van der Waals surface area contributed by atoms with Crippen LogP contribution >= 0.6 is 0 Å². The second-order valence-corrected chi connectivity index (χ2v) is 7.38. The van der Waals surface area contributed by atoms with Crippen molar-refractivity contribution in [1.29, 1.82) is 0 Å². The standard InChI is InChI=1S/C19H26N4O2/c1-12(2)16-10-22(11-17(16)20-14(4)24)9-15-8-18(25)23-7-5-6-13(3)19(23)21-15/h5-8,12,16-17H,9-11H2,1-4H3,(H,20,24)/t16-,17+/m0/s1. The summed E-state index contributed by atoms with van der Waals surface area (Å²) in [6.07, 6.45) is 1.75. The zero-order chi connectivity index (χ0) is 18.1. The second-order valence-electron chi connectivity index (χ2n) is 7.38. The minimum absolute atomic E-state index is 0.00944. The monoisotopic (exact) mass is 342 g/mol. The molecule has 2 atom stereocenters. The summed E-state index contributed by atoms with van der Waals surface area (Å²) >= 11 is 0. The predicted molar refractivity (Wildman–Crippen MR) is 97.4 cm³/mol. The van der Waals surface area contributed by atoms with E-state index in [0.717, 1.165) is 24.3 Å². The molecule has 0 aromatic carbocycles. The molecule has 1 aliphatic heterocycles. The maximum Gasteiger partial charge on any atom is 0.258 e. The second kappa shape index (κ2) is 6.96. The molecule has 0 spiro atoms. The number of hydrogen-bond acceptors (Lipinski definition) is 4. The Morgan fingerprint density at radius 2 is 2.16 bits per heavy atom. The van der Waals surface area contributed by atoms with Crippen molar-refractivity contribution in [3.05, 3.63) is 46.0 Å². The Morgan fingerprint density at radius 3 is 2.84 bits per heavy atom. The molecule has 0 saturated carbocycles. The normalized spacial score (nSPS) is 21.2. The van der Waals surface area contributed by atoms with E-state index in [1.165, 1.54) is 0 Å². The molecule has 25 heavy (non-hydrogen) atoms. The van der Waals surface area contributed by atoms with Crippen molar-refractivity contribution in [2.75, 3.05) is 13.1 Å². The Balaban J connectivity index is 1.83. The first kappa shape index (κ1) is 17.6. The first-order valence-electron chi connectivity index (χ1n) is 8.82. The number of rotatable bonds is 4. The van der Waals surface area contributed by atoms with Crippen molar-refractivity contribution >= 4 is 11.6 Å². The van der Waals surface area contributed by atoms with Crippen LogP contribution in [0.1, 0.15) is 32.0 Å². The Labute approximate surface area is 147 Å². The summed E-state index contributed by atoms with van der Waals surface area (Å²) in [6, 6.07) is 5.59. The van der Waals surface area contributed by atoms with Crippen LogP contribution < -0.4 is 10.9 Å². The van der Waals surface area contributed by atoms with Crippen molar-refractivity contribution < 1.29 is 4.79 Å². The van der Waals surface area contributed by atoms with Crippen molar-refractivity contribution in [3.63, 3.8) is 0 Å². The lowest BCUT2D eigenvalue weighted by Crippen LogP contribution is -2.40. The number of hydrogen-bond donors (Lipinski definition) is 1. The van der Waals surface area contributed by atoms with Gasteiger partial charge >= 0.3 is 0 Å². The van der Waals surface area contributed by atoms with E-state index >= 15 is 0 Å². The summed E-state index contributed by atoms with van der Waals surface area (Å²) in [5.41, 5.74) is 2.43. The summed E-state index contributed by atoms with van der Waals surface area (Å²) in [5, 5.41) is 3.07. The number of amides is 1. The molecule has 3 rings (SSSR count). The lowest BCUT2D eigenvalue weighted by Gasteiger charge is -2.22. The third kappa shape index (κ3) is 3.74. The van der Waals surface area contributed by atoms with Crippen molar-refractivity contribution in [2.24, 2.45) is 11.8 Å². The summed E-state index contributed by atoms with van der Waals surface area (Å²) in [5.74, 6) is 0.904. The van der Waals surface area contributed by atoms with Crippen LogP contribution in [0, 0.1) is 18.8 Å². The maximum atomic E-state index is 12.4. The smallest absolute Gasteiger partial charge is 0.258 e. The molecular weight excluding hydrogens is 316 g/mol. The fraction of sp³-hybridized carbons (Fsp3) is 0.526. The average molecular weight is 342 g/mol.